The fraction of sp³-hybridized carbons (Fsp3) is 0.424. The maximum absolute atomic E-state index is 13.6. The average Bonchev–Trinajstić information content (AvgIpc) is 3.46. The Hall–Kier alpha value is -4.47. The lowest BCUT2D eigenvalue weighted by molar-refractivity contribution is -0.139. The van der Waals surface area contributed by atoms with Crippen molar-refractivity contribution in [1.82, 2.24) is 25.6 Å². The van der Waals surface area contributed by atoms with Gasteiger partial charge < -0.3 is 14.2 Å². The van der Waals surface area contributed by atoms with Crippen molar-refractivity contribution >= 4 is 11.6 Å². The zero-order valence-corrected chi connectivity index (χ0v) is 24.5. The number of aromatic nitrogens is 4. The number of unbranched alkanes of at least 4 members (excludes halogenated alkanes) is 1. The Morgan fingerprint density at radius 1 is 0.907 bits per heavy atom. The molecule has 1 N–H and O–H groups in total. The van der Waals surface area contributed by atoms with Crippen molar-refractivity contribution in [2.24, 2.45) is 16.9 Å². The van der Waals surface area contributed by atoms with Gasteiger partial charge in [0.05, 0.1) is 38.0 Å². The Morgan fingerprint density at radius 3 is 2.49 bits per heavy atom. The molecule has 3 atom stereocenters. The van der Waals surface area contributed by atoms with Crippen molar-refractivity contribution in [2.75, 3.05) is 20.3 Å². The van der Waals surface area contributed by atoms with Crippen LogP contribution in [0.25, 0.3) is 11.4 Å². The van der Waals surface area contributed by atoms with Crippen LogP contribution in [-0.4, -0.2) is 63.6 Å². The number of amides is 1. The number of hydrazone groups is 1. The molecule has 0 fully saturated rings. The fourth-order valence-electron chi connectivity index (χ4n) is 5.99. The van der Waals surface area contributed by atoms with Gasteiger partial charge in [0, 0.05) is 17.0 Å². The number of carbonyl (C=O) groups excluding carboxylic acids is 1. The van der Waals surface area contributed by atoms with E-state index in [0.29, 0.717) is 30.5 Å². The molecule has 1 amide bonds. The molecule has 10 heteroatoms. The van der Waals surface area contributed by atoms with Gasteiger partial charge in [-0.25, -0.2) is 5.01 Å². The average molecular weight is 583 g/mol. The normalized spacial score (nSPS) is 21.6. The van der Waals surface area contributed by atoms with Crippen LogP contribution >= 0.6 is 0 Å². The topological polar surface area (TPSA) is 115 Å². The second-order valence-electron chi connectivity index (χ2n) is 11.1. The van der Waals surface area contributed by atoms with E-state index in [1.54, 1.807) is 12.1 Å². The van der Waals surface area contributed by atoms with Crippen molar-refractivity contribution < 1.29 is 19.0 Å². The summed E-state index contributed by atoms with van der Waals surface area (Å²) in [6.07, 6.45) is 16.2. The summed E-state index contributed by atoms with van der Waals surface area (Å²) in [6, 6.07) is 13.6. The van der Waals surface area contributed by atoms with Gasteiger partial charge in [0.15, 0.2) is 11.5 Å². The molecule has 10 nitrogen and oxygen atoms in total. The molecule has 1 aliphatic heterocycles. The number of fused-ring (bicyclic) bond motifs is 1. The van der Waals surface area contributed by atoms with Crippen LogP contribution in [0.5, 0.6) is 17.2 Å². The zero-order chi connectivity index (χ0) is 29.4. The molecule has 0 unspecified atom stereocenters. The minimum absolute atomic E-state index is 0.0106. The Balaban J connectivity index is 1.09. The van der Waals surface area contributed by atoms with Gasteiger partial charge in [-0.15, -0.1) is 10.2 Å². The van der Waals surface area contributed by atoms with Crippen molar-refractivity contribution in [3.63, 3.8) is 0 Å². The van der Waals surface area contributed by atoms with Crippen LogP contribution < -0.4 is 14.2 Å². The Morgan fingerprint density at radius 2 is 1.70 bits per heavy atom. The van der Waals surface area contributed by atoms with Crippen molar-refractivity contribution in [3.8, 4) is 28.6 Å². The SMILES string of the molecule is COc1ccc(C2=NN([C@H]3C=CCCCC3)C(=O)[C@@H]3CC=CC[C@H]23)cc1OCCCCOc1ccc(-c2nn[nH]n2)cc1. The van der Waals surface area contributed by atoms with Crippen LogP contribution in [0.4, 0.5) is 0 Å². The number of carbonyl (C=O) groups is 1. The Bertz CT molecular complexity index is 1470. The van der Waals surface area contributed by atoms with Crippen LogP contribution in [-0.2, 0) is 4.79 Å². The number of hydrogen-bond acceptors (Lipinski definition) is 8. The second-order valence-corrected chi connectivity index (χ2v) is 11.1. The second kappa shape index (κ2) is 13.7. The van der Waals surface area contributed by atoms with E-state index in [1.165, 1.54) is 0 Å². The number of nitrogens with one attached hydrogen (secondary N) is 1. The molecule has 3 aliphatic rings. The highest BCUT2D eigenvalue weighted by Gasteiger charge is 2.42. The van der Waals surface area contributed by atoms with Gasteiger partial charge in [-0.05, 0) is 92.6 Å². The number of tetrazole rings is 1. The molecule has 2 aliphatic carbocycles. The van der Waals surface area contributed by atoms with E-state index in [4.69, 9.17) is 19.3 Å². The molecule has 0 saturated carbocycles. The molecular weight excluding hydrogens is 544 g/mol. The predicted octanol–water partition coefficient (Wildman–Crippen LogP) is 5.74. The van der Waals surface area contributed by atoms with Crippen molar-refractivity contribution in [1.29, 1.82) is 0 Å². The van der Waals surface area contributed by atoms with Gasteiger partial charge in [0.1, 0.15) is 5.75 Å². The summed E-state index contributed by atoms with van der Waals surface area (Å²) in [4.78, 5) is 13.6. The van der Waals surface area contributed by atoms with Gasteiger partial charge in [-0.3, -0.25) is 4.79 Å². The van der Waals surface area contributed by atoms with Crippen molar-refractivity contribution in [2.45, 2.75) is 57.4 Å². The highest BCUT2D eigenvalue weighted by atomic mass is 16.5. The van der Waals surface area contributed by atoms with E-state index in [1.807, 2.05) is 42.5 Å². The number of ether oxygens (including phenoxy) is 3. The molecular formula is C33H38N6O4. The molecule has 0 saturated heterocycles. The first kappa shape index (κ1) is 28.6. The fourth-order valence-corrected chi connectivity index (χ4v) is 5.99. The number of aromatic amines is 1. The molecule has 0 spiro atoms. The van der Waals surface area contributed by atoms with E-state index in [2.05, 4.69) is 44.9 Å². The number of rotatable bonds is 11. The third-order valence-corrected chi connectivity index (χ3v) is 8.32. The minimum atomic E-state index is -0.0872. The quantitative estimate of drug-likeness (QED) is 0.226. The van der Waals surface area contributed by atoms with E-state index in [9.17, 15) is 4.79 Å². The first-order valence-corrected chi connectivity index (χ1v) is 15.2. The number of hydrogen-bond donors (Lipinski definition) is 1. The van der Waals surface area contributed by atoms with E-state index in [0.717, 1.165) is 74.0 Å². The van der Waals surface area contributed by atoms with Crippen molar-refractivity contribution in [3.05, 3.63) is 72.3 Å². The lowest BCUT2D eigenvalue weighted by atomic mass is 9.76. The number of methoxy groups -OCH3 is 1. The molecule has 2 aromatic carbocycles. The summed E-state index contributed by atoms with van der Waals surface area (Å²) in [7, 11) is 1.65. The number of H-pyrrole nitrogens is 1. The third-order valence-electron chi connectivity index (χ3n) is 8.32. The maximum atomic E-state index is 13.6. The Kier molecular flexibility index (Phi) is 9.10. The third kappa shape index (κ3) is 6.63. The minimum Gasteiger partial charge on any atom is -0.494 e. The molecule has 43 heavy (non-hydrogen) atoms. The van der Waals surface area contributed by atoms with Crippen LogP contribution in [0.3, 0.4) is 0 Å². The highest BCUT2D eigenvalue weighted by Crippen LogP contribution is 2.38. The molecule has 6 rings (SSSR count). The molecule has 3 aromatic rings. The van der Waals surface area contributed by atoms with Gasteiger partial charge in [-0.1, -0.05) is 30.7 Å². The molecule has 1 aromatic heterocycles. The first-order chi connectivity index (χ1) is 21.2. The van der Waals surface area contributed by atoms with Gasteiger partial charge >= 0.3 is 0 Å². The lowest BCUT2D eigenvalue weighted by Crippen LogP contribution is -2.48. The smallest absolute Gasteiger partial charge is 0.247 e. The maximum Gasteiger partial charge on any atom is 0.247 e. The van der Waals surface area contributed by atoms with E-state index in [-0.39, 0.29) is 23.8 Å². The van der Waals surface area contributed by atoms with Gasteiger partial charge in [0.25, 0.3) is 0 Å². The summed E-state index contributed by atoms with van der Waals surface area (Å²) in [5, 5.41) is 20.8. The number of benzene rings is 2. The summed E-state index contributed by atoms with van der Waals surface area (Å²) < 4.78 is 17.7. The van der Waals surface area contributed by atoms with E-state index < -0.39 is 0 Å². The van der Waals surface area contributed by atoms with Crippen LogP contribution in [0.2, 0.25) is 0 Å². The number of nitrogens with zero attached hydrogens (tertiary/aromatic N) is 5. The zero-order valence-electron chi connectivity index (χ0n) is 24.5. The summed E-state index contributed by atoms with van der Waals surface area (Å²) in [5.74, 6) is 2.82. The summed E-state index contributed by atoms with van der Waals surface area (Å²) >= 11 is 0. The molecule has 2 heterocycles. The predicted molar refractivity (Wildman–Crippen MR) is 163 cm³/mol. The number of allylic oxidation sites excluding steroid dienone is 3. The molecule has 0 bridgehead atoms. The molecule has 224 valence electrons. The summed E-state index contributed by atoms with van der Waals surface area (Å²) in [6.45, 7) is 1.10. The first-order valence-electron chi connectivity index (χ1n) is 15.2. The lowest BCUT2D eigenvalue weighted by Gasteiger charge is -2.39. The van der Waals surface area contributed by atoms with Gasteiger partial charge in [0.2, 0.25) is 11.7 Å². The molecule has 0 radical (unpaired) electrons. The van der Waals surface area contributed by atoms with Crippen LogP contribution in [0.1, 0.15) is 56.9 Å². The highest BCUT2D eigenvalue weighted by molar-refractivity contribution is 6.07. The van der Waals surface area contributed by atoms with Crippen LogP contribution in [0, 0.1) is 11.8 Å². The standard InChI is InChI=1S/C33H38N6O4/c1-41-29-19-16-24(31-27-12-6-7-13-28(27)33(40)39(36-31)25-10-4-2-3-5-11-25)22-30(29)43-21-9-8-20-42-26-17-14-23(15-18-26)32-34-37-38-35-32/h4,6-7,10,14-19,22,25,27-28H,2-3,5,8-9,11-13,20-21H2,1H3,(H,34,35,37,38)/t25-,27-,28+/m0/s1. The Labute approximate surface area is 251 Å². The van der Waals surface area contributed by atoms with Crippen LogP contribution in [0.15, 0.2) is 71.9 Å². The summed E-state index contributed by atoms with van der Waals surface area (Å²) in [5.41, 5.74) is 2.81. The largest absolute Gasteiger partial charge is 0.494 e. The van der Waals surface area contributed by atoms with Gasteiger partial charge in [-0.2, -0.15) is 10.3 Å². The van der Waals surface area contributed by atoms with E-state index >= 15 is 0 Å². The monoisotopic (exact) mass is 582 g/mol.